The van der Waals surface area contributed by atoms with Gasteiger partial charge in [0.15, 0.2) is 5.66 Å². The van der Waals surface area contributed by atoms with Crippen LogP contribution in [0, 0.1) is 0 Å². The molecule has 3 heterocycles. The van der Waals surface area contributed by atoms with Crippen LogP contribution in [0.5, 0.6) is 11.5 Å². The van der Waals surface area contributed by atoms with Crippen LogP contribution in [0.2, 0.25) is 0 Å². The van der Waals surface area contributed by atoms with Crippen molar-refractivity contribution in [3.05, 3.63) is 59.7 Å². The maximum atomic E-state index is 13.2. The molecule has 0 spiro atoms. The van der Waals surface area contributed by atoms with E-state index in [1.165, 1.54) is 4.90 Å². The molecular weight excluding hydrogens is 418 g/mol. The molecule has 3 fully saturated rings. The molecule has 2 amide bonds. The van der Waals surface area contributed by atoms with Crippen molar-refractivity contribution in [2.45, 2.75) is 11.3 Å². The summed E-state index contributed by atoms with van der Waals surface area (Å²) >= 11 is 0. The van der Waals surface area contributed by atoms with Gasteiger partial charge in [0.25, 0.3) is 0 Å². The van der Waals surface area contributed by atoms with Gasteiger partial charge in [-0.25, -0.2) is 9.69 Å². The minimum Gasteiger partial charge on any atom is -0.497 e. The molecule has 152 valence electrons. The predicted molar refractivity (Wildman–Crippen MR) is 105 cm³/mol. The lowest BCUT2D eigenvalue weighted by molar-refractivity contribution is 0.101. The Morgan fingerprint density at radius 3 is 1.79 bits per heavy atom. The van der Waals surface area contributed by atoms with Gasteiger partial charge in [-0.3, -0.25) is 4.90 Å². The zero-order valence-corrected chi connectivity index (χ0v) is 17.3. The molecule has 0 radical (unpaired) electrons. The van der Waals surface area contributed by atoms with Crippen LogP contribution in [0.1, 0.15) is 11.1 Å². The summed E-state index contributed by atoms with van der Waals surface area (Å²) in [5.41, 5.74) is -0.290. The first kappa shape index (κ1) is 18.5. The van der Waals surface area contributed by atoms with Crippen LogP contribution in [0.25, 0.3) is 0 Å². The normalized spacial score (nSPS) is 29.8. The quantitative estimate of drug-likeness (QED) is 0.529. The number of carbonyl (C=O) groups excluding carboxylic acids is 1. The van der Waals surface area contributed by atoms with Gasteiger partial charge in [0.2, 0.25) is 0 Å². The van der Waals surface area contributed by atoms with Gasteiger partial charge in [-0.15, -0.1) is 0 Å². The number of benzene rings is 2. The van der Waals surface area contributed by atoms with E-state index in [0.29, 0.717) is 30.2 Å². The fourth-order valence-electron chi connectivity index (χ4n) is 4.46. The molecule has 0 bridgehead atoms. The van der Waals surface area contributed by atoms with Crippen molar-refractivity contribution in [2.75, 3.05) is 27.3 Å². The number of amides is 2. The molecular formula is C19H18ClN3O5S. The summed E-state index contributed by atoms with van der Waals surface area (Å²) in [6.07, 6.45) is 0. The maximum absolute atomic E-state index is 13.2. The third-order valence-electron chi connectivity index (χ3n) is 5.95. The zero-order valence-electron chi connectivity index (χ0n) is 15.7. The lowest BCUT2D eigenvalue weighted by atomic mass is 10.0. The summed E-state index contributed by atoms with van der Waals surface area (Å²) in [5.74, 6) is 1.34. The summed E-state index contributed by atoms with van der Waals surface area (Å²) < 4.78 is 36.0. The van der Waals surface area contributed by atoms with Gasteiger partial charge in [0.05, 0.1) is 20.8 Å². The number of rotatable bonds is 5. The van der Waals surface area contributed by atoms with Crippen LogP contribution in [-0.2, 0) is 20.6 Å². The maximum Gasteiger partial charge on any atom is 0.338 e. The average Bonchev–Trinajstić information content (AvgIpc) is 3.60. The van der Waals surface area contributed by atoms with E-state index < -0.39 is 26.6 Å². The van der Waals surface area contributed by atoms with E-state index in [-0.39, 0.29) is 0 Å². The Labute approximate surface area is 172 Å². The van der Waals surface area contributed by atoms with Crippen LogP contribution < -0.4 is 9.47 Å². The van der Waals surface area contributed by atoms with Crippen LogP contribution >= 0.6 is 10.7 Å². The van der Waals surface area contributed by atoms with Crippen molar-refractivity contribution >= 4 is 26.0 Å². The summed E-state index contributed by atoms with van der Waals surface area (Å²) in [4.78, 5) is 16.7. The minimum atomic E-state index is -4.31. The predicted octanol–water partition coefficient (Wildman–Crippen LogP) is 2.26. The Hall–Kier alpha value is -2.49. The largest absolute Gasteiger partial charge is 0.497 e. The van der Waals surface area contributed by atoms with Gasteiger partial charge >= 0.3 is 15.3 Å². The molecule has 0 saturated carbocycles. The van der Waals surface area contributed by atoms with Crippen molar-refractivity contribution in [1.82, 2.24) is 14.1 Å². The summed E-state index contributed by atoms with van der Waals surface area (Å²) in [6, 6.07) is 13.8. The van der Waals surface area contributed by atoms with E-state index in [4.69, 9.17) is 20.2 Å². The highest BCUT2D eigenvalue weighted by atomic mass is 35.7. The first-order chi connectivity index (χ1) is 13.8. The molecule has 2 aromatic carbocycles. The molecule has 3 saturated heterocycles. The Kier molecular flexibility index (Phi) is 3.69. The second-order valence-corrected chi connectivity index (χ2v) is 9.61. The summed E-state index contributed by atoms with van der Waals surface area (Å²) in [5, 5.41) is 0. The molecule has 3 aliphatic heterocycles. The van der Waals surface area contributed by atoms with Gasteiger partial charge in [-0.05, 0) is 35.4 Å². The number of halogens is 1. The van der Waals surface area contributed by atoms with E-state index in [9.17, 15) is 13.2 Å². The highest BCUT2D eigenvalue weighted by Gasteiger charge is 2.82. The molecule has 2 aromatic rings. The molecule has 3 unspecified atom stereocenters. The fraction of sp³-hybridized carbons (Fsp3) is 0.316. The van der Waals surface area contributed by atoms with Gasteiger partial charge in [-0.2, -0.15) is 12.7 Å². The Bertz CT molecular complexity index is 1110. The smallest absolute Gasteiger partial charge is 0.338 e. The van der Waals surface area contributed by atoms with Crippen LogP contribution in [0.4, 0.5) is 4.79 Å². The number of urea groups is 1. The summed E-state index contributed by atoms with van der Waals surface area (Å²) in [7, 11) is 4.55. The van der Waals surface area contributed by atoms with Gasteiger partial charge < -0.3 is 9.47 Å². The third kappa shape index (κ3) is 2.35. The van der Waals surface area contributed by atoms with Crippen molar-refractivity contribution in [2.24, 2.45) is 0 Å². The zero-order chi connectivity index (χ0) is 20.6. The lowest BCUT2D eigenvalue weighted by Gasteiger charge is -2.37. The van der Waals surface area contributed by atoms with E-state index in [1.54, 1.807) is 38.5 Å². The van der Waals surface area contributed by atoms with Crippen LogP contribution in [-0.4, -0.2) is 55.9 Å². The third-order valence-corrected chi connectivity index (χ3v) is 7.26. The molecule has 0 aliphatic carbocycles. The number of hydrogen-bond acceptors (Lipinski definition) is 6. The van der Waals surface area contributed by atoms with Crippen molar-refractivity contribution in [3.63, 3.8) is 0 Å². The standard InChI is InChI=1S/C19H18ClN3O5S/c1-27-15-7-3-13(4-8-15)18-11-21(18)17(24)23(29(20,25)26)19(12-22(18)19)14-5-9-16(28-2)10-6-14/h3-10H,11-12H2,1-2H3. The van der Waals surface area contributed by atoms with Gasteiger partial charge in [0, 0.05) is 17.2 Å². The molecule has 0 N–H and O–H groups in total. The van der Waals surface area contributed by atoms with E-state index >= 15 is 0 Å². The van der Waals surface area contributed by atoms with Crippen molar-refractivity contribution < 1.29 is 22.7 Å². The number of ether oxygens (including phenoxy) is 2. The number of hydrogen-bond donors (Lipinski definition) is 0. The second-order valence-electron chi connectivity index (χ2n) is 7.25. The Balaban J connectivity index is 1.63. The second kappa shape index (κ2) is 5.78. The number of carbonyl (C=O) groups is 1. The van der Waals surface area contributed by atoms with Gasteiger partial charge in [0.1, 0.15) is 17.2 Å². The molecule has 10 heteroatoms. The van der Waals surface area contributed by atoms with E-state index in [2.05, 4.69) is 0 Å². The SMILES string of the molecule is COc1ccc(C23CN2C(=O)N(S(=O)(=O)Cl)C2(c4ccc(OC)cc4)CN32)cc1. The first-order valence-corrected chi connectivity index (χ1v) is 11.2. The minimum absolute atomic E-state index is 0.347. The van der Waals surface area contributed by atoms with Gasteiger partial charge in [-0.1, -0.05) is 24.3 Å². The molecule has 0 aromatic heterocycles. The number of methoxy groups -OCH3 is 2. The molecule has 3 aliphatic rings. The summed E-state index contributed by atoms with van der Waals surface area (Å²) in [6.45, 7) is 0.735. The van der Waals surface area contributed by atoms with Crippen LogP contribution in [0.3, 0.4) is 0 Å². The molecule has 5 rings (SSSR count). The fourth-order valence-corrected chi connectivity index (χ4v) is 5.89. The lowest BCUT2D eigenvalue weighted by Crippen LogP contribution is -2.54. The van der Waals surface area contributed by atoms with Crippen LogP contribution in [0.15, 0.2) is 48.5 Å². The molecule has 8 nitrogen and oxygen atoms in total. The molecule has 3 atom stereocenters. The average molecular weight is 436 g/mol. The Morgan fingerprint density at radius 1 is 0.862 bits per heavy atom. The monoisotopic (exact) mass is 435 g/mol. The molecule has 29 heavy (non-hydrogen) atoms. The van der Waals surface area contributed by atoms with E-state index in [0.717, 1.165) is 9.87 Å². The highest BCUT2D eigenvalue weighted by molar-refractivity contribution is 8.12. The highest BCUT2D eigenvalue weighted by Crippen LogP contribution is 2.65. The van der Waals surface area contributed by atoms with E-state index in [1.807, 2.05) is 29.2 Å². The Morgan fingerprint density at radius 2 is 1.34 bits per heavy atom. The topological polar surface area (TPSA) is 78.9 Å². The number of fused-ring (bicyclic) bond motifs is 3. The van der Waals surface area contributed by atoms with Crippen molar-refractivity contribution in [1.29, 1.82) is 0 Å². The van der Waals surface area contributed by atoms with Crippen molar-refractivity contribution in [3.8, 4) is 11.5 Å². The number of nitrogens with zero attached hydrogens (tertiary/aromatic N) is 3. The first-order valence-electron chi connectivity index (χ1n) is 8.92.